The zero-order chi connectivity index (χ0) is 15.3. The van der Waals surface area contributed by atoms with Gasteiger partial charge < -0.3 is 4.90 Å². The third-order valence-corrected chi connectivity index (χ3v) is 5.02. The number of hydrogen-bond acceptors (Lipinski definition) is 4. The first kappa shape index (κ1) is 13.7. The van der Waals surface area contributed by atoms with Crippen LogP contribution in [0.15, 0.2) is 45.2 Å². The SMILES string of the molecule is O=C(c1cnc2sccn2c1=O)N1CCc2cc(Br)ccc21. The second kappa shape index (κ2) is 5.03. The monoisotopic (exact) mass is 375 g/mol. The maximum atomic E-state index is 12.7. The molecule has 0 atom stereocenters. The Morgan fingerprint density at radius 3 is 3.09 bits per heavy atom. The van der Waals surface area contributed by atoms with Gasteiger partial charge in [-0.1, -0.05) is 15.9 Å². The van der Waals surface area contributed by atoms with E-state index in [-0.39, 0.29) is 17.0 Å². The summed E-state index contributed by atoms with van der Waals surface area (Å²) >= 11 is 4.80. The van der Waals surface area contributed by atoms with Crippen LogP contribution in [-0.2, 0) is 6.42 Å². The molecule has 4 rings (SSSR count). The van der Waals surface area contributed by atoms with Gasteiger partial charge in [0, 0.05) is 34.5 Å². The molecule has 22 heavy (non-hydrogen) atoms. The average Bonchev–Trinajstić information content (AvgIpc) is 3.13. The van der Waals surface area contributed by atoms with Crippen LogP contribution in [0.5, 0.6) is 0 Å². The van der Waals surface area contributed by atoms with Crippen molar-refractivity contribution in [3.8, 4) is 0 Å². The van der Waals surface area contributed by atoms with Crippen LogP contribution in [0.3, 0.4) is 0 Å². The standard InChI is InChI=1S/C15H10BrN3O2S/c16-10-1-2-12-9(7-10)3-4-18(12)13(20)11-8-17-15-19(14(11)21)5-6-22-15/h1-2,5-8H,3-4H2. The summed E-state index contributed by atoms with van der Waals surface area (Å²) in [5.74, 6) is -0.292. The zero-order valence-corrected chi connectivity index (χ0v) is 13.7. The van der Waals surface area contributed by atoms with Crippen molar-refractivity contribution >= 4 is 43.8 Å². The van der Waals surface area contributed by atoms with Gasteiger partial charge in [0.05, 0.1) is 0 Å². The molecule has 3 heterocycles. The predicted molar refractivity (Wildman–Crippen MR) is 88.9 cm³/mol. The van der Waals surface area contributed by atoms with Crippen LogP contribution in [-0.4, -0.2) is 21.8 Å². The Bertz CT molecular complexity index is 963. The van der Waals surface area contributed by atoms with E-state index in [1.54, 1.807) is 16.5 Å². The molecule has 0 spiro atoms. The third-order valence-electron chi connectivity index (χ3n) is 3.76. The van der Waals surface area contributed by atoms with Gasteiger partial charge in [0.15, 0.2) is 4.96 Å². The first-order valence-electron chi connectivity index (χ1n) is 6.70. The molecule has 1 amide bonds. The van der Waals surface area contributed by atoms with Gasteiger partial charge in [-0.2, -0.15) is 0 Å². The van der Waals surface area contributed by atoms with Gasteiger partial charge in [-0.15, -0.1) is 11.3 Å². The number of amides is 1. The summed E-state index contributed by atoms with van der Waals surface area (Å²) in [5.41, 5.74) is 1.75. The largest absolute Gasteiger partial charge is 0.308 e. The molecule has 1 aliphatic rings. The van der Waals surface area contributed by atoms with Crippen LogP contribution < -0.4 is 10.5 Å². The van der Waals surface area contributed by atoms with Crippen LogP contribution in [0, 0.1) is 0 Å². The molecule has 0 saturated carbocycles. The zero-order valence-electron chi connectivity index (χ0n) is 11.3. The minimum atomic E-state index is -0.318. The molecule has 0 bridgehead atoms. The van der Waals surface area contributed by atoms with Gasteiger partial charge in [-0.25, -0.2) is 4.98 Å². The molecule has 7 heteroatoms. The molecule has 1 aromatic carbocycles. The van der Waals surface area contributed by atoms with Gasteiger partial charge in [0.1, 0.15) is 5.56 Å². The fourth-order valence-corrected chi connectivity index (χ4v) is 3.78. The predicted octanol–water partition coefficient (Wildman–Crippen LogP) is 2.72. The number of thiazole rings is 1. The van der Waals surface area contributed by atoms with Gasteiger partial charge in [-0.05, 0) is 30.2 Å². The molecular formula is C15H10BrN3O2S. The topological polar surface area (TPSA) is 54.7 Å². The summed E-state index contributed by atoms with van der Waals surface area (Å²) in [5, 5.41) is 1.78. The summed E-state index contributed by atoms with van der Waals surface area (Å²) in [4.78, 5) is 31.6. The third kappa shape index (κ3) is 2.00. The van der Waals surface area contributed by atoms with Crippen molar-refractivity contribution in [3.05, 3.63) is 61.9 Å². The molecule has 1 aliphatic heterocycles. The van der Waals surface area contributed by atoms with Crippen LogP contribution in [0.25, 0.3) is 4.96 Å². The number of carbonyl (C=O) groups is 1. The number of halogens is 1. The van der Waals surface area contributed by atoms with Crippen molar-refractivity contribution in [2.24, 2.45) is 0 Å². The average molecular weight is 376 g/mol. The Morgan fingerprint density at radius 2 is 2.23 bits per heavy atom. The van der Waals surface area contributed by atoms with Crippen molar-refractivity contribution < 1.29 is 4.79 Å². The van der Waals surface area contributed by atoms with E-state index in [4.69, 9.17) is 0 Å². The van der Waals surface area contributed by atoms with Crippen molar-refractivity contribution in [3.63, 3.8) is 0 Å². The highest BCUT2D eigenvalue weighted by atomic mass is 79.9. The maximum Gasteiger partial charge on any atom is 0.271 e. The van der Waals surface area contributed by atoms with E-state index >= 15 is 0 Å². The summed E-state index contributed by atoms with van der Waals surface area (Å²) in [6, 6.07) is 5.81. The van der Waals surface area contributed by atoms with Gasteiger partial charge in [0.2, 0.25) is 0 Å². The molecular weight excluding hydrogens is 366 g/mol. The first-order chi connectivity index (χ1) is 10.6. The number of fused-ring (bicyclic) bond motifs is 2. The van der Waals surface area contributed by atoms with E-state index in [1.165, 1.54) is 21.9 Å². The lowest BCUT2D eigenvalue weighted by Gasteiger charge is -2.16. The number of anilines is 1. The number of rotatable bonds is 1. The summed E-state index contributed by atoms with van der Waals surface area (Å²) in [6.45, 7) is 0.580. The Hall–Kier alpha value is -1.99. The quantitative estimate of drug-likeness (QED) is 0.656. The highest BCUT2D eigenvalue weighted by molar-refractivity contribution is 9.10. The highest BCUT2D eigenvalue weighted by Crippen LogP contribution is 2.31. The van der Waals surface area contributed by atoms with E-state index in [1.807, 2.05) is 18.2 Å². The first-order valence-corrected chi connectivity index (χ1v) is 8.37. The Labute approximate surface area is 138 Å². The molecule has 0 fully saturated rings. The molecule has 110 valence electrons. The normalized spacial score (nSPS) is 13.6. The molecule has 3 aromatic rings. The molecule has 5 nitrogen and oxygen atoms in total. The van der Waals surface area contributed by atoms with Crippen LogP contribution >= 0.6 is 27.3 Å². The van der Waals surface area contributed by atoms with Crippen molar-refractivity contribution in [1.29, 1.82) is 0 Å². The molecule has 0 N–H and O–H groups in total. The van der Waals surface area contributed by atoms with E-state index in [9.17, 15) is 9.59 Å². The molecule has 0 saturated heterocycles. The van der Waals surface area contributed by atoms with E-state index in [0.29, 0.717) is 11.5 Å². The molecule has 2 aromatic heterocycles. The van der Waals surface area contributed by atoms with Gasteiger partial charge in [0.25, 0.3) is 11.5 Å². The fraction of sp³-hybridized carbons (Fsp3) is 0.133. The van der Waals surface area contributed by atoms with Crippen molar-refractivity contribution in [2.75, 3.05) is 11.4 Å². The second-order valence-electron chi connectivity index (χ2n) is 5.01. The summed E-state index contributed by atoms with van der Waals surface area (Å²) < 4.78 is 2.40. The van der Waals surface area contributed by atoms with Gasteiger partial charge >= 0.3 is 0 Å². The molecule has 0 radical (unpaired) electrons. The molecule has 0 aliphatic carbocycles. The number of aromatic nitrogens is 2. The fourth-order valence-electron chi connectivity index (χ4n) is 2.70. The van der Waals surface area contributed by atoms with Crippen LogP contribution in [0.4, 0.5) is 5.69 Å². The molecule has 0 unspecified atom stereocenters. The van der Waals surface area contributed by atoms with E-state index in [2.05, 4.69) is 20.9 Å². The minimum absolute atomic E-state index is 0.103. The maximum absolute atomic E-state index is 12.7. The summed E-state index contributed by atoms with van der Waals surface area (Å²) in [6.07, 6.45) is 3.81. The van der Waals surface area contributed by atoms with Crippen LogP contribution in [0.1, 0.15) is 15.9 Å². The highest BCUT2D eigenvalue weighted by Gasteiger charge is 2.27. The number of carbonyl (C=O) groups excluding carboxylic acids is 1. The van der Waals surface area contributed by atoms with Crippen molar-refractivity contribution in [1.82, 2.24) is 9.38 Å². The lowest BCUT2D eigenvalue weighted by molar-refractivity contribution is 0.0987. The van der Waals surface area contributed by atoms with E-state index in [0.717, 1.165) is 22.1 Å². The summed E-state index contributed by atoms with van der Waals surface area (Å²) in [7, 11) is 0. The lowest BCUT2D eigenvalue weighted by atomic mass is 10.2. The Balaban J connectivity index is 1.79. The Morgan fingerprint density at radius 1 is 1.36 bits per heavy atom. The van der Waals surface area contributed by atoms with Crippen molar-refractivity contribution in [2.45, 2.75) is 6.42 Å². The lowest BCUT2D eigenvalue weighted by Crippen LogP contribution is -2.34. The van der Waals surface area contributed by atoms with E-state index < -0.39 is 0 Å². The van der Waals surface area contributed by atoms with Crippen LogP contribution in [0.2, 0.25) is 0 Å². The number of nitrogens with zero attached hydrogens (tertiary/aromatic N) is 3. The second-order valence-corrected chi connectivity index (χ2v) is 6.80. The number of benzene rings is 1. The van der Waals surface area contributed by atoms with Gasteiger partial charge in [-0.3, -0.25) is 14.0 Å². The smallest absolute Gasteiger partial charge is 0.271 e. The number of hydrogen-bond donors (Lipinski definition) is 0. The Kier molecular flexibility index (Phi) is 3.12. The minimum Gasteiger partial charge on any atom is -0.308 e.